The summed E-state index contributed by atoms with van der Waals surface area (Å²) in [6, 6.07) is 3.97. The molecular weight excluding hydrogens is 162 g/mol. The molecule has 1 heterocycles. The number of ketones is 1. The van der Waals surface area contributed by atoms with Crippen molar-refractivity contribution < 1.29 is 4.79 Å². The molecule has 2 heteroatoms. The zero-order valence-corrected chi connectivity index (χ0v) is 7.57. The minimum absolute atomic E-state index is 0.268. The van der Waals surface area contributed by atoms with Gasteiger partial charge in [0.15, 0.2) is 0 Å². The number of aromatic nitrogens is 1. The van der Waals surface area contributed by atoms with E-state index >= 15 is 0 Å². The van der Waals surface area contributed by atoms with Gasteiger partial charge in [-0.3, -0.25) is 9.78 Å². The van der Waals surface area contributed by atoms with Crippen LogP contribution in [0.1, 0.15) is 24.8 Å². The Kier molecular flexibility index (Phi) is 2.39. The van der Waals surface area contributed by atoms with Crippen molar-refractivity contribution in [3.8, 4) is 0 Å². The second-order valence-corrected chi connectivity index (χ2v) is 3.62. The van der Waals surface area contributed by atoms with Gasteiger partial charge in [0.25, 0.3) is 0 Å². The maximum atomic E-state index is 11.4. The van der Waals surface area contributed by atoms with Gasteiger partial charge in [-0.1, -0.05) is 6.07 Å². The van der Waals surface area contributed by atoms with Crippen LogP contribution < -0.4 is 0 Å². The number of hydrogen-bond donors (Lipinski definition) is 0. The molecule has 0 amide bonds. The second-order valence-electron chi connectivity index (χ2n) is 3.62. The second kappa shape index (κ2) is 3.69. The van der Waals surface area contributed by atoms with Gasteiger partial charge in [-0.2, -0.15) is 0 Å². The zero-order valence-electron chi connectivity index (χ0n) is 7.57. The number of nitrogens with zero attached hydrogens (tertiary/aromatic N) is 1. The molecule has 1 aliphatic rings. The molecule has 0 bridgehead atoms. The van der Waals surface area contributed by atoms with Crippen LogP contribution in [0.5, 0.6) is 0 Å². The molecule has 68 valence electrons. The third-order valence-corrected chi connectivity index (χ3v) is 2.64. The Balaban J connectivity index is 2.02. The first-order valence-corrected chi connectivity index (χ1v) is 4.78. The molecule has 1 aromatic heterocycles. The summed E-state index contributed by atoms with van der Waals surface area (Å²) in [6.45, 7) is 0. The van der Waals surface area contributed by atoms with E-state index < -0.39 is 0 Å². The first-order chi connectivity index (χ1) is 6.36. The molecule has 0 saturated heterocycles. The van der Waals surface area contributed by atoms with Gasteiger partial charge in [0, 0.05) is 24.7 Å². The van der Waals surface area contributed by atoms with E-state index in [9.17, 15) is 4.79 Å². The predicted molar refractivity (Wildman–Crippen MR) is 50.3 cm³/mol. The van der Waals surface area contributed by atoms with Gasteiger partial charge in [0.05, 0.1) is 0 Å². The van der Waals surface area contributed by atoms with Crippen LogP contribution in [0, 0.1) is 5.92 Å². The van der Waals surface area contributed by atoms with E-state index in [4.69, 9.17) is 0 Å². The van der Waals surface area contributed by atoms with Gasteiger partial charge in [0.2, 0.25) is 0 Å². The van der Waals surface area contributed by atoms with Gasteiger partial charge in [-0.05, 0) is 30.9 Å². The first kappa shape index (κ1) is 8.42. The summed E-state index contributed by atoms with van der Waals surface area (Å²) in [5.41, 5.74) is 1.18. The quantitative estimate of drug-likeness (QED) is 0.688. The van der Waals surface area contributed by atoms with Crippen molar-refractivity contribution in [2.24, 2.45) is 5.92 Å². The Morgan fingerprint density at radius 2 is 2.46 bits per heavy atom. The third kappa shape index (κ3) is 1.94. The van der Waals surface area contributed by atoms with Crippen LogP contribution in [0.4, 0.5) is 0 Å². The molecule has 1 aromatic rings. The lowest BCUT2D eigenvalue weighted by molar-refractivity contribution is -0.120. The van der Waals surface area contributed by atoms with Crippen molar-refractivity contribution in [3.63, 3.8) is 0 Å². The Morgan fingerprint density at radius 3 is 3.08 bits per heavy atom. The van der Waals surface area contributed by atoms with Crippen LogP contribution in [0.25, 0.3) is 0 Å². The van der Waals surface area contributed by atoms with Crippen LogP contribution in [0.2, 0.25) is 0 Å². The normalized spacial score (nSPS) is 22.2. The summed E-state index contributed by atoms with van der Waals surface area (Å²) in [7, 11) is 0. The Labute approximate surface area is 78.0 Å². The lowest BCUT2D eigenvalue weighted by atomic mass is 9.98. The van der Waals surface area contributed by atoms with E-state index in [2.05, 4.69) is 4.98 Å². The largest absolute Gasteiger partial charge is 0.299 e. The fourth-order valence-corrected chi connectivity index (χ4v) is 1.91. The highest BCUT2D eigenvalue weighted by Gasteiger charge is 2.24. The van der Waals surface area contributed by atoms with E-state index in [1.54, 1.807) is 6.20 Å². The maximum Gasteiger partial charge on any atom is 0.136 e. The SMILES string of the molecule is O=C1CCCC1Cc1cccnc1. The van der Waals surface area contributed by atoms with Crippen LogP contribution in [0.15, 0.2) is 24.5 Å². The smallest absolute Gasteiger partial charge is 0.136 e. The zero-order chi connectivity index (χ0) is 9.10. The molecule has 2 nitrogen and oxygen atoms in total. The Morgan fingerprint density at radius 1 is 1.54 bits per heavy atom. The highest BCUT2D eigenvalue weighted by atomic mass is 16.1. The fourth-order valence-electron chi connectivity index (χ4n) is 1.91. The van der Waals surface area contributed by atoms with Gasteiger partial charge in [0.1, 0.15) is 5.78 Å². The fraction of sp³-hybridized carbons (Fsp3) is 0.455. The highest BCUT2D eigenvalue weighted by molar-refractivity contribution is 5.83. The standard InChI is InChI=1S/C11H13NO/c13-11-5-1-4-10(11)7-9-3-2-6-12-8-9/h2-3,6,8,10H,1,4-5,7H2. The van der Waals surface area contributed by atoms with E-state index in [1.165, 1.54) is 5.56 Å². The number of rotatable bonds is 2. The monoisotopic (exact) mass is 175 g/mol. The van der Waals surface area contributed by atoms with Gasteiger partial charge in [-0.25, -0.2) is 0 Å². The molecule has 2 rings (SSSR count). The minimum Gasteiger partial charge on any atom is -0.299 e. The van der Waals surface area contributed by atoms with Crippen molar-refractivity contribution in [3.05, 3.63) is 30.1 Å². The summed E-state index contributed by atoms with van der Waals surface area (Å²) in [6.07, 6.45) is 7.42. The first-order valence-electron chi connectivity index (χ1n) is 4.78. The molecular formula is C11H13NO. The molecule has 0 spiro atoms. The van der Waals surface area contributed by atoms with E-state index in [-0.39, 0.29) is 5.92 Å². The van der Waals surface area contributed by atoms with Crippen LogP contribution in [0.3, 0.4) is 0 Å². The molecule has 1 aliphatic carbocycles. The number of pyridine rings is 1. The van der Waals surface area contributed by atoms with Crippen molar-refractivity contribution in [2.45, 2.75) is 25.7 Å². The molecule has 1 saturated carbocycles. The van der Waals surface area contributed by atoms with E-state index in [0.717, 1.165) is 25.7 Å². The minimum atomic E-state index is 0.268. The summed E-state index contributed by atoms with van der Waals surface area (Å²) >= 11 is 0. The van der Waals surface area contributed by atoms with Crippen LogP contribution in [-0.4, -0.2) is 10.8 Å². The van der Waals surface area contributed by atoms with E-state index in [1.807, 2.05) is 18.3 Å². The van der Waals surface area contributed by atoms with Crippen molar-refractivity contribution in [1.29, 1.82) is 0 Å². The molecule has 1 fully saturated rings. The lowest BCUT2D eigenvalue weighted by Crippen LogP contribution is -2.09. The molecule has 1 unspecified atom stereocenters. The number of Topliss-reactive ketones (excluding diaryl/α,β-unsaturated/α-hetero) is 1. The Hall–Kier alpha value is -1.18. The van der Waals surface area contributed by atoms with Crippen molar-refractivity contribution in [2.75, 3.05) is 0 Å². The third-order valence-electron chi connectivity index (χ3n) is 2.64. The molecule has 0 radical (unpaired) electrons. The molecule has 13 heavy (non-hydrogen) atoms. The van der Waals surface area contributed by atoms with E-state index in [0.29, 0.717) is 5.78 Å². The Bertz CT molecular complexity index is 294. The number of hydrogen-bond acceptors (Lipinski definition) is 2. The highest BCUT2D eigenvalue weighted by Crippen LogP contribution is 2.24. The van der Waals surface area contributed by atoms with Gasteiger partial charge in [-0.15, -0.1) is 0 Å². The van der Waals surface area contributed by atoms with Gasteiger partial charge >= 0.3 is 0 Å². The average molecular weight is 175 g/mol. The van der Waals surface area contributed by atoms with Crippen molar-refractivity contribution in [1.82, 2.24) is 4.98 Å². The maximum absolute atomic E-state index is 11.4. The summed E-state index contributed by atoms with van der Waals surface area (Å²) in [5, 5.41) is 0. The summed E-state index contributed by atoms with van der Waals surface area (Å²) in [4.78, 5) is 15.4. The number of carbonyl (C=O) groups excluding carboxylic acids is 1. The molecule has 0 aromatic carbocycles. The predicted octanol–water partition coefficient (Wildman–Crippen LogP) is 1.99. The topological polar surface area (TPSA) is 30.0 Å². The summed E-state index contributed by atoms with van der Waals surface area (Å²) in [5.74, 6) is 0.702. The van der Waals surface area contributed by atoms with Crippen LogP contribution in [-0.2, 0) is 11.2 Å². The van der Waals surface area contributed by atoms with Gasteiger partial charge < -0.3 is 0 Å². The van der Waals surface area contributed by atoms with Crippen LogP contribution >= 0.6 is 0 Å². The summed E-state index contributed by atoms with van der Waals surface area (Å²) < 4.78 is 0. The lowest BCUT2D eigenvalue weighted by Gasteiger charge is -2.06. The molecule has 0 N–H and O–H groups in total. The molecule has 0 aliphatic heterocycles. The average Bonchev–Trinajstić information content (AvgIpc) is 2.54. The number of carbonyl (C=O) groups is 1. The molecule has 1 atom stereocenters. The van der Waals surface area contributed by atoms with Crippen molar-refractivity contribution >= 4 is 5.78 Å².